The van der Waals surface area contributed by atoms with Crippen molar-refractivity contribution in [2.45, 2.75) is 26.2 Å². The molecule has 0 aliphatic carbocycles. The van der Waals surface area contributed by atoms with Crippen LogP contribution in [-0.2, 0) is 19.3 Å². The van der Waals surface area contributed by atoms with Crippen LogP contribution in [0, 0.1) is 0 Å². The molecule has 2 aromatic heterocycles. The monoisotopic (exact) mass is 348 g/mol. The molecular weight excluding hydrogens is 333 g/mol. The number of hydrogen-bond donors (Lipinski definition) is 2. The summed E-state index contributed by atoms with van der Waals surface area (Å²) in [4.78, 5) is 9.08. The highest BCUT2D eigenvalue weighted by atomic mass is 32.1. The molecular formula is C13H15F3N4S2. The van der Waals surface area contributed by atoms with E-state index in [0.717, 1.165) is 21.6 Å². The van der Waals surface area contributed by atoms with E-state index in [4.69, 9.17) is 0 Å². The van der Waals surface area contributed by atoms with Gasteiger partial charge in [-0.15, -0.1) is 22.7 Å². The molecule has 0 unspecified atom stereocenters. The van der Waals surface area contributed by atoms with E-state index >= 15 is 0 Å². The lowest BCUT2D eigenvalue weighted by atomic mass is 10.5. The van der Waals surface area contributed by atoms with Gasteiger partial charge in [0.05, 0.1) is 13.1 Å². The summed E-state index contributed by atoms with van der Waals surface area (Å²) in [5.41, 5.74) is -0.852. The van der Waals surface area contributed by atoms with Gasteiger partial charge in [-0.1, -0.05) is 6.07 Å². The molecule has 0 saturated heterocycles. The van der Waals surface area contributed by atoms with Gasteiger partial charge in [-0.05, 0) is 18.4 Å². The molecule has 0 bridgehead atoms. The first-order chi connectivity index (χ1) is 10.5. The highest BCUT2D eigenvalue weighted by Crippen LogP contribution is 2.29. The van der Waals surface area contributed by atoms with E-state index in [9.17, 15) is 13.2 Å². The smallest absolute Gasteiger partial charge is 0.357 e. The second-order valence-electron chi connectivity index (χ2n) is 4.25. The van der Waals surface area contributed by atoms with Crippen molar-refractivity contribution in [1.29, 1.82) is 0 Å². The van der Waals surface area contributed by atoms with Gasteiger partial charge in [-0.2, -0.15) is 13.2 Å². The third-order valence-electron chi connectivity index (χ3n) is 2.57. The van der Waals surface area contributed by atoms with Crippen molar-refractivity contribution >= 4 is 28.6 Å². The average Bonchev–Trinajstić information content (AvgIpc) is 3.12. The van der Waals surface area contributed by atoms with Gasteiger partial charge in [0.25, 0.3) is 0 Å². The van der Waals surface area contributed by atoms with E-state index in [1.54, 1.807) is 11.3 Å². The Morgan fingerprint density at radius 3 is 2.73 bits per heavy atom. The first-order valence-electron chi connectivity index (χ1n) is 6.55. The van der Waals surface area contributed by atoms with E-state index in [1.165, 1.54) is 0 Å². The van der Waals surface area contributed by atoms with Crippen LogP contribution in [0.2, 0.25) is 0 Å². The number of thiazole rings is 1. The fourth-order valence-corrected chi connectivity index (χ4v) is 2.95. The molecule has 4 nitrogen and oxygen atoms in total. The van der Waals surface area contributed by atoms with Gasteiger partial charge < -0.3 is 10.6 Å². The Morgan fingerprint density at radius 1 is 1.32 bits per heavy atom. The number of aliphatic imine (C=N–C) groups is 1. The molecule has 0 aliphatic heterocycles. The number of guanidine groups is 1. The molecule has 0 spiro atoms. The summed E-state index contributed by atoms with van der Waals surface area (Å²) < 4.78 is 37.5. The minimum Gasteiger partial charge on any atom is -0.357 e. The standard InChI is InChI=1S/C13H15F3N4S2/c1-2-17-12(18-6-9-4-3-5-21-9)19-7-11-20-10(8-22-11)13(14,15)16/h3-5,8H,2,6-7H2,1H3,(H2,17,18,19). The zero-order valence-corrected chi connectivity index (χ0v) is 13.4. The van der Waals surface area contributed by atoms with E-state index < -0.39 is 11.9 Å². The fraction of sp³-hybridized carbons (Fsp3) is 0.385. The SMILES string of the molecule is CCNC(=NCc1cccs1)NCc1nc(C(F)(F)F)cs1. The van der Waals surface area contributed by atoms with Gasteiger partial charge >= 0.3 is 6.18 Å². The Hall–Kier alpha value is -1.61. The van der Waals surface area contributed by atoms with Crippen molar-refractivity contribution in [3.63, 3.8) is 0 Å². The van der Waals surface area contributed by atoms with Crippen LogP contribution in [0.15, 0.2) is 27.9 Å². The number of nitrogens with one attached hydrogen (secondary N) is 2. The third kappa shape index (κ3) is 4.99. The molecule has 0 amide bonds. The first-order valence-corrected chi connectivity index (χ1v) is 8.31. The van der Waals surface area contributed by atoms with Crippen molar-refractivity contribution in [1.82, 2.24) is 15.6 Å². The summed E-state index contributed by atoms with van der Waals surface area (Å²) in [7, 11) is 0. The van der Waals surface area contributed by atoms with Crippen LogP contribution in [-0.4, -0.2) is 17.5 Å². The molecule has 0 fully saturated rings. The molecule has 2 rings (SSSR count). The molecule has 0 radical (unpaired) electrons. The van der Waals surface area contributed by atoms with Crippen molar-refractivity contribution < 1.29 is 13.2 Å². The minimum atomic E-state index is -4.40. The second kappa shape index (κ2) is 7.59. The van der Waals surface area contributed by atoms with E-state index in [1.807, 2.05) is 24.4 Å². The van der Waals surface area contributed by atoms with Crippen molar-refractivity contribution in [2.24, 2.45) is 4.99 Å². The van der Waals surface area contributed by atoms with Gasteiger partial charge in [0, 0.05) is 16.8 Å². The zero-order valence-electron chi connectivity index (χ0n) is 11.8. The molecule has 2 aromatic rings. The lowest BCUT2D eigenvalue weighted by Gasteiger charge is -2.09. The highest BCUT2D eigenvalue weighted by Gasteiger charge is 2.33. The summed E-state index contributed by atoms with van der Waals surface area (Å²) >= 11 is 2.58. The normalized spacial score (nSPS) is 12.5. The second-order valence-corrected chi connectivity index (χ2v) is 6.23. The average molecular weight is 348 g/mol. The quantitative estimate of drug-likeness (QED) is 0.642. The number of aromatic nitrogens is 1. The largest absolute Gasteiger partial charge is 0.434 e. The maximum absolute atomic E-state index is 12.5. The van der Waals surface area contributed by atoms with E-state index in [2.05, 4.69) is 20.6 Å². The number of rotatable bonds is 5. The summed E-state index contributed by atoms with van der Waals surface area (Å²) in [5.74, 6) is 0.555. The topological polar surface area (TPSA) is 49.3 Å². The number of halogens is 3. The first kappa shape index (κ1) is 16.8. The van der Waals surface area contributed by atoms with Crippen LogP contribution in [0.5, 0.6) is 0 Å². The Kier molecular flexibility index (Phi) is 5.78. The molecule has 0 aliphatic rings. The summed E-state index contributed by atoms with van der Waals surface area (Å²) in [6, 6.07) is 3.93. The lowest BCUT2D eigenvalue weighted by molar-refractivity contribution is -0.140. The third-order valence-corrected chi connectivity index (χ3v) is 4.28. The van der Waals surface area contributed by atoms with Crippen LogP contribution >= 0.6 is 22.7 Å². The number of alkyl halides is 3. The summed E-state index contributed by atoms with van der Waals surface area (Å²) in [6.07, 6.45) is -4.40. The number of thiophene rings is 1. The fourth-order valence-electron chi connectivity index (χ4n) is 1.58. The van der Waals surface area contributed by atoms with Gasteiger partial charge in [-0.3, -0.25) is 0 Å². The molecule has 22 heavy (non-hydrogen) atoms. The van der Waals surface area contributed by atoms with Gasteiger partial charge in [-0.25, -0.2) is 9.98 Å². The van der Waals surface area contributed by atoms with Gasteiger partial charge in [0.15, 0.2) is 11.7 Å². The Balaban J connectivity index is 1.93. The van der Waals surface area contributed by atoms with Crippen molar-refractivity contribution in [3.8, 4) is 0 Å². The maximum Gasteiger partial charge on any atom is 0.434 e. The maximum atomic E-state index is 12.5. The van der Waals surface area contributed by atoms with Crippen LogP contribution in [0.1, 0.15) is 22.5 Å². The summed E-state index contributed by atoms with van der Waals surface area (Å²) in [6.45, 7) is 3.32. The zero-order chi connectivity index (χ0) is 16.0. The van der Waals surface area contributed by atoms with Crippen LogP contribution in [0.3, 0.4) is 0 Å². The van der Waals surface area contributed by atoms with Gasteiger partial charge in [0.2, 0.25) is 0 Å². The Morgan fingerprint density at radius 2 is 2.14 bits per heavy atom. The predicted molar refractivity (Wildman–Crippen MR) is 83.1 cm³/mol. The Labute approximate surface area is 134 Å². The van der Waals surface area contributed by atoms with Crippen LogP contribution in [0.25, 0.3) is 0 Å². The molecule has 0 aromatic carbocycles. The van der Waals surface area contributed by atoms with E-state index in [0.29, 0.717) is 24.1 Å². The number of hydrogen-bond acceptors (Lipinski definition) is 4. The summed E-state index contributed by atoms with van der Waals surface area (Å²) in [5, 5.41) is 9.40. The van der Waals surface area contributed by atoms with Crippen LogP contribution < -0.4 is 10.6 Å². The van der Waals surface area contributed by atoms with Crippen molar-refractivity contribution in [3.05, 3.63) is 38.5 Å². The molecule has 2 heterocycles. The molecule has 0 atom stereocenters. The van der Waals surface area contributed by atoms with E-state index in [-0.39, 0.29) is 6.54 Å². The van der Waals surface area contributed by atoms with Gasteiger partial charge in [0.1, 0.15) is 5.01 Å². The molecule has 120 valence electrons. The minimum absolute atomic E-state index is 0.205. The Bertz CT molecular complexity index is 605. The van der Waals surface area contributed by atoms with Crippen LogP contribution in [0.4, 0.5) is 13.2 Å². The molecule has 0 saturated carbocycles. The number of nitrogens with zero attached hydrogens (tertiary/aromatic N) is 2. The highest BCUT2D eigenvalue weighted by molar-refractivity contribution is 7.10. The van der Waals surface area contributed by atoms with Crippen molar-refractivity contribution in [2.75, 3.05) is 6.54 Å². The molecule has 2 N–H and O–H groups in total. The molecule has 9 heteroatoms. The predicted octanol–water partition coefficient (Wildman–Crippen LogP) is 3.48. The lowest BCUT2D eigenvalue weighted by Crippen LogP contribution is -2.36.